The summed E-state index contributed by atoms with van der Waals surface area (Å²) in [5.74, 6) is 1.41. The average Bonchev–Trinajstić information content (AvgIpc) is 2.65. The van der Waals surface area contributed by atoms with Crippen molar-refractivity contribution in [3.63, 3.8) is 0 Å². The number of amidine groups is 1. The van der Waals surface area contributed by atoms with Crippen LogP contribution in [0.4, 0.5) is 0 Å². The lowest BCUT2D eigenvalue weighted by molar-refractivity contribution is 0.482. The highest BCUT2D eigenvalue weighted by molar-refractivity contribution is 7.93. The smallest absolute Gasteiger partial charge is 0.278 e. The summed E-state index contributed by atoms with van der Waals surface area (Å²) in [7, 11) is -3.66. The molecule has 2 heterocycles. The molecule has 4 rings (SSSR count). The van der Waals surface area contributed by atoms with Crippen molar-refractivity contribution in [2.75, 3.05) is 0 Å². The molecular formula is C19H11Cl3N2O3S. The second kappa shape index (κ2) is 7.29. The highest BCUT2D eigenvalue weighted by atomic mass is 35.5. The van der Waals surface area contributed by atoms with Gasteiger partial charge in [-0.15, -0.1) is 4.40 Å². The van der Waals surface area contributed by atoms with Crippen molar-refractivity contribution in [1.29, 1.82) is 0 Å². The number of rotatable bonds is 3. The Morgan fingerprint density at radius 3 is 2.36 bits per heavy atom. The Morgan fingerprint density at radius 1 is 0.929 bits per heavy atom. The number of halogens is 3. The summed E-state index contributed by atoms with van der Waals surface area (Å²) in [6, 6.07) is 12.1. The van der Waals surface area contributed by atoms with Crippen molar-refractivity contribution >= 4 is 56.2 Å². The quantitative estimate of drug-likeness (QED) is 0.591. The van der Waals surface area contributed by atoms with Crippen LogP contribution >= 0.6 is 34.8 Å². The van der Waals surface area contributed by atoms with E-state index in [2.05, 4.69) is 4.40 Å². The molecule has 0 aromatic heterocycles. The maximum atomic E-state index is 11.9. The number of allylic oxidation sites excluding steroid dienone is 2. The Balaban J connectivity index is 1.63. The van der Waals surface area contributed by atoms with E-state index in [1.807, 2.05) is 0 Å². The van der Waals surface area contributed by atoms with Gasteiger partial charge in [0.25, 0.3) is 10.0 Å². The molecule has 0 aliphatic carbocycles. The van der Waals surface area contributed by atoms with Crippen LogP contribution in [0.2, 0.25) is 10.0 Å². The largest absolute Gasteiger partial charge is 0.457 e. The molecule has 0 saturated carbocycles. The first kappa shape index (κ1) is 19.1. The second-order valence-corrected chi connectivity index (χ2v) is 8.63. The summed E-state index contributed by atoms with van der Waals surface area (Å²) in [4.78, 5) is 1.57. The number of sulfonamides is 1. The lowest BCUT2D eigenvalue weighted by atomic mass is 10.0. The van der Waals surface area contributed by atoms with Gasteiger partial charge < -0.3 is 9.64 Å². The van der Waals surface area contributed by atoms with Gasteiger partial charge in [0.05, 0.1) is 20.5 Å². The average molecular weight is 454 g/mol. The Morgan fingerprint density at radius 2 is 1.64 bits per heavy atom. The van der Waals surface area contributed by atoms with Gasteiger partial charge in [0.2, 0.25) is 0 Å². The molecule has 0 N–H and O–H groups in total. The molecule has 2 aliphatic heterocycles. The SMILES string of the molecule is O=S1(=O)C=CN2C=C(Cl)C=C(c3ccc(Oc4ccc(Cl)c(Cl)c4)cc3)C2=N1. The van der Waals surface area contributed by atoms with E-state index < -0.39 is 10.0 Å². The zero-order valence-electron chi connectivity index (χ0n) is 14.0. The Labute approximate surface area is 176 Å². The zero-order valence-corrected chi connectivity index (χ0v) is 17.1. The van der Waals surface area contributed by atoms with Crippen molar-refractivity contribution in [3.05, 3.63) is 87.0 Å². The first-order valence-corrected chi connectivity index (χ1v) is 10.6. The van der Waals surface area contributed by atoms with E-state index in [-0.39, 0.29) is 5.84 Å². The molecule has 5 nitrogen and oxygen atoms in total. The number of ether oxygens (including phenoxy) is 1. The van der Waals surface area contributed by atoms with Gasteiger partial charge in [0.1, 0.15) is 11.5 Å². The standard InChI is InChI=1S/C19H11Cl3N2O3S/c20-13-9-16(19-23-28(25,26)8-7-24(19)11-13)12-1-3-14(4-2-12)27-15-5-6-17(21)18(22)10-15/h1-11H. The van der Waals surface area contributed by atoms with Crippen LogP contribution in [0.5, 0.6) is 11.5 Å². The van der Waals surface area contributed by atoms with Crippen LogP contribution in [0.15, 0.2) is 75.8 Å². The maximum absolute atomic E-state index is 11.9. The molecule has 0 atom stereocenters. The first-order chi connectivity index (χ1) is 13.3. The number of hydrogen-bond acceptors (Lipinski definition) is 4. The second-order valence-electron chi connectivity index (χ2n) is 5.90. The van der Waals surface area contributed by atoms with Crippen LogP contribution in [0, 0.1) is 0 Å². The summed E-state index contributed by atoms with van der Waals surface area (Å²) in [6.07, 6.45) is 4.67. The molecule has 0 radical (unpaired) electrons. The lowest BCUT2D eigenvalue weighted by Gasteiger charge is -2.26. The molecule has 0 fully saturated rings. The minimum Gasteiger partial charge on any atom is -0.457 e. The van der Waals surface area contributed by atoms with Crippen molar-refractivity contribution < 1.29 is 13.2 Å². The van der Waals surface area contributed by atoms with E-state index in [4.69, 9.17) is 39.5 Å². The van der Waals surface area contributed by atoms with Crippen LogP contribution in [-0.2, 0) is 10.0 Å². The Bertz CT molecular complexity index is 1180. The Kier molecular flexibility index (Phi) is 4.97. The predicted octanol–water partition coefficient (Wildman–Crippen LogP) is 5.78. The minimum absolute atomic E-state index is 0.282. The van der Waals surface area contributed by atoms with Crippen LogP contribution in [0.1, 0.15) is 5.56 Å². The summed E-state index contributed by atoms with van der Waals surface area (Å²) in [6.45, 7) is 0. The predicted molar refractivity (Wildman–Crippen MR) is 112 cm³/mol. The molecular weight excluding hydrogens is 443 g/mol. The van der Waals surface area contributed by atoms with Gasteiger partial charge >= 0.3 is 0 Å². The summed E-state index contributed by atoms with van der Waals surface area (Å²) in [5, 5.41) is 2.32. The molecule has 2 aromatic rings. The molecule has 0 spiro atoms. The van der Waals surface area contributed by atoms with E-state index in [1.165, 1.54) is 6.20 Å². The van der Waals surface area contributed by atoms with E-state index in [1.54, 1.807) is 59.6 Å². The third-order valence-electron chi connectivity index (χ3n) is 3.93. The monoisotopic (exact) mass is 452 g/mol. The first-order valence-electron chi connectivity index (χ1n) is 7.95. The van der Waals surface area contributed by atoms with Gasteiger partial charge in [0.15, 0.2) is 5.84 Å². The van der Waals surface area contributed by atoms with Gasteiger partial charge in [-0.3, -0.25) is 0 Å². The van der Waals surface area contributed by atoms with Crippen LogP contribution in [0.3, 0.4) is 0 Å². The zero-order chi connectivity index (χ0) is 19.9. The van der Waals surface area contributed by atoms with E-state index in [0.717, 1.165) is 11.0 Å². The normalized spacial score (nSPS) is 17.4. The fourth-order valence-electron chi connectivity index (χ4n) is 2.67. The van der Waals surface area contributed by atoms with Crippen molar-refractivity contribution in [2.24, 2.45) is 4.40 Å². The van der Waals surface area contributed by atoms with Crippen LogP contribution in [-0.4, -0.2) is 19.2 Å². The molecule has 0 unspecified atom stereocenters. The van der Waals surface area contributed by atoms with E-state index in [0.29, 0.717) is 32.1 Å². The number of fused-ring (bicyclic) bond motifs is 1. The number of hydrogen-bond donors (Lipinski definition) is 0. The summed E-state index contributed by atoms with van der Waals surface area (Å²) < 4.78 is 33.3. The molecule has 2 aromatic carbocycles. The van der Waals surface area contributed by atoms with Crippen LogP contribution in [0.25, 0.3) is 5.57 Å². The van der Waals surface area contributed by atoms with E-state index in [9.17, 15) is 8.42 Å². The molecule has 0 bridgehead atoms. The van der Waals surface area contributed by atoms with Gasteiger partial charge in [-0.1, -0.05) is 46.9 Å². The molecule has 142 valence electrons. The lowest BCUT2D eigenvalue weighted by Crippen LogP contribution is -2.28. The number of nitrogens with zero attached hydrogens (tertiary/aromatic N) is 2. The summed E-state index contributed by atoms with van der Waals surface area (Å²) in [5.41, 5.74) is 1.32. The van der Waals surface area contributed by atoms with E-state index >= 15 is 0 Å². The van der Waals surface area contributed by atoms with Gasteiger partial charge in [-0.05, 0) is 35.9 Å². The third kappa shape index (κ3) is 3.95. The van der Waals surface area contributed by atoms with Crippen LogP contribution < -0.4 is 4.74 Å². The van der Waals surface area contributed by atoms with Gasteiger partial charge in [0, 0.05) is 24.0 Å². The molecule has 0 saturated heterocycles. The molecule has 2 aliphatic rings. The fraction of sp³-hybridized carbons (Fsp3) is 0. The van der Waals surface area contributed by atoms with Gasteiger partial charge in [-0.2, -0.15) is 8.42 Å². The minimum atomic E-state index is -3.66. The number of benzene rings is 2. The topological polar surface area (TPSA) is 59.0 Å². The molecule has 28 heavy (non-hydrogen) atoms. The van der Waals surface area contributed by atoms with Crippen molar-refractivity contribution in [1.82, 2.24) is 4.90 Å². The highest BCUT2D eigenvalue weighted by Crippen LogP contribution is 2.32. The Hall–Kier alpha value is -2.25. The van der Waals surface area contributed by atoms with Crippen molar-refractivity contribution in [3.8, 4) is 11.5 Å². The summed E-state index contributed by atoms with van der Waals surface area (Å²) >= 11 is 18.1. The van der Waals surface area contributed by atoms with Gasteiger partial charge in [-0.25, -0.2) is 0 Å². The third-order valence-corrected chi connectivity index (χ3v) is 5.77. The fourth-order valence-corrected chi connectivity index (χ4v) is 3.95. The highest BCUT2D eigenvalue weighted by Gasteiger charge is 2.25. The van der Waals surface area contributed by atoms with Crippen molar-refractivity contribution in [2.45, 2.75) is 0 Å². The molecule has 9 heteroatoms. The molecule has 0 amide bonds. The maximum Gasteiger partial charge on any atom is 0.278 e.